The average molecular weight is 279 g/mol. The van der Waals surface area contributed by atoms with Gasteiger partial charge < -0.3 is 4.98 Å². The lowest BCUT2D eigenvalue weighted by Crippen LogP contribution is -2.07. The summed E-state index contributed by atoms with van der Waals surface area (Å²) in [5.74, 6) is 0. The van der Waals surface area contributed by atoms with Crippen LogP contribution in [-0.2, 0) is 12.7 Å². The Bertz CT molecular complexity index is 752. The first kappa shape index (κ1) is 12.8. The molecule has 0 saturated heterocycles. The Morgan fingerprint density at radius 1 is 1.20 bits per heavy atom. The number of H-pyrrole nitrogens is 1. The van der Waals surface area contributed by atoms with E-state index in [0.717, 1.165) is 22.5 Å². The first-order valence-electron chi connectivity index (χ1n) is 6.21. The van der Waals surface area contributed by atoms with Gasteiger partial charge in [0.05, 0.1) is 5.69 Å². The molecule has 0 saturated carbocycles. The molecule has 0 atom stereocenters. The summed E-state index contributed by atoms with van der Waals surface area (Å²) in [6, 6.07) is 8.48. The molecule has 104 valence electrons. The van der Waals surface area contributed by atoms with E-state index < -0.39 is 11.9 Å². The maximum Gasteiger partial charge on any atom is 0.435 e. The van der Waals surface area contributed by atoms with Crippen molar-refractivity contribution in [1.82, 2.24) is 14.8 Å². The molecule has 3 rings (SSSR count). The molecule has 3 aromatic rings. The summed E-state index contributed by atoms with van der Waals surface area (Å²) >= 11 is 0. The zero-order chi connectivity index (χ0) is 14.3. The molecule has 2 heterocycles. The molecule has 0 radical (unpaired) electrons. The number of aromatic amines is 1. The van der Waals surface area contributed by atoms with Crippen molar-refractivity contribution in [2.75, 3.05) is 0 Å². The molecule has 1 N–H and O–H groups in total. The SMILES string of the molecule is CCn1nc(C(F)(F)F)cc1-c1ccc2[nH]ccc2c1. The lowest BCUT2D eigenvalue weighted by molar-refractivity contribution is -0.141. The number of alkyl halides is 3. The van der Waals surface area contributed by atoms with Gasteiger partial charge in [-0.05, 0) is 31.2 Å². The third-order valence-corrected chi connectivity index (χ3v) is 3.22. The van der Waals surface area contributed by atoms with Crippen molar-refractivity contribution >= 4 is 10.9 Å². The number of rotatable bonds is 2. The fourth-order valence-corrected chi connectivity index (χ4v) is 2.24. The van der Waals surface area contributed by atoms with E-state index in [9.17, 15) is 13.2 Å². The number of aryl methyl sites for hydroxylation is 1. The molecule has 6 heteroatoms. The van der Waals surface area contributed by atoms with Crippen molar-refractivity contribution < 1.29 is 13.2 Å². The normalized spacial score (nSPS) is 12.2. The highest BCUT2D eigenvalue weighted by atomic mass is 19.4. The number of nitrogens with zero attached hydrogens (tertiary/aromatic N) is 2. The van der Waals surface area contributed by atoms with E-state index in [-0.39, 0.29) is 0 Å². The van der Waals surface area contributed by atoms with Crippen LogP contribution in [0, 0.1) is 0 Å². The topological polar surface area (TPSA) is 33.6 Å². The van der Waals surface area contributed by atoms with Gasteiger partial charge in [-0.3, -0.25) is 4.68 Å². The van der Waals surface area contributed by atoms with E-state index in [0.29, 0.717) is 12.2 Å². The Morgan fingerprint density at radius 3 is 2.70 bits per heavy atom. The van der Waals surface area contributed by atoms with Gasteiger partial charge in [0, 0.05) is 29.2 Å². The summed E-state index contributed by atoms with van der Waals surface area (Å²) in [7, 11) is 0. The fourth-order valence-electron chi connectivity index (χ4n) is 2.24. The second-order valence-corrected chi connectivity index (χ2v) is 4.51. The summed E-state index contributed by atoms with van der Waals surface area (Å²) in [5.41, 5.74) is 1.29. The molecular formula is C14H12F3N3. The van der Waals surface area contributed by atoms with Gasteiger partial charge in [-0.25, -0.2) is 0 Å². The van der Waals surface area contributed by atoms with Crippen LogP contribution in [0.15, 0.2) is 36.5 Å². The second kappa shape index (κ2) is 4.40. The van der Waals surface area contributed by atoms with Crippen molar-refractivity contribution in [3.05, 3.63) is 42.2 Å². The minimum Gasteiger partial charge on any atom is -0.361 e. The van der Waals surface area contributed by atoms with E-state index >= 15 is 0 Å². The minimum absolute atomic E-state index is 0.386. The van der Waals surface area contributed by atoms with Gasteiger partial charge in [0.25, 0.3) is 0 Å². The summed E-state index contributed by atoms with van der Waals surface area (Å²) in [6.45, 7) is 2.15. The van der Waals surface area contributed by atoms with E-state index in [1.165, 1.54) is 4.68 Å². The fraction of sp³-hybridized carbons (Fsp3) is 0.214. The maximum atomic E-state index is 12.8. The van der Waals surface area contributed by atoms with Crippen molar-refractivity contribution in [2.24, 2.45) is 0 Å². The first-order chi connectivity index (χ1) is 9.49. The van der Waals surface area contributed by atoms with Gasteiger partial charge in [0.2, 0.25) is 0 Å². The summed E-state index contributed by atoms with van der Waals surface area (Å²) in [5, 5.41) is 4.59. The molecule has 20 heavy (non-hydrogen) atoms. The number of halogens is 3. The third-order valence-electron chi connectivity index (χ3n) is 3.22. The molecule has 0 aliphatic carbocycles. The first-order valence-corrected chi connectivity index (χ1v) is 6.21. The maximum absolute atomic E-state index is 12.8. The molecule has 0 aliphatic heterocycles. The molecule has 3 nitrogen and oxygen atoms in total. The monoisotopic (exact) mass is 279 g/mol. The van der Waals surface area contributed by atoms with Crippen LogP contribution in [-0.4, -0.2) is 14.8 Å². The van der Waals surface area contributed by atoms with Gasteiger partial charge in [-0.15, -0.1) is 0 Å². The molecule has 0 fully saturated rings. The highest BCUT2D eigenvalue weighted by Crippen LogP contribution is 2.32. The Balaban J connectivity index is 2.14. The van der Waals surface area contributed by atoms with Gasteiger partial charge in [-0.2, -0.15) is 18.3 Å². The van der Waals surface area contributed by atoms with Crippen molar-refractivity contribution in [2.45, 2.75) is 19.6 Å². The molecule has 2 aromatic heterocycles. The second-order valence-electron chi connectivity index (χ2n) is 4.51. The highest BCUT2D eigenvalue weighted by Gasteiger charge is 2.34. The molecule has 1 aromatic carbocycles. The smallest absolute Gasteiger partial charge is 0.361 e. The number of fused-ring (bicyclic) bond motifs is 1. The van der Waals surface area contributed by atoms with Crippen LogP contribution in [0.4, 0.5) is 13.2 Å². The summed E-state index contributed by atoms with van der Waals surface area (Å²) in [4.78, 5) is 3.05. The average Bonchev–Trinajstić information content (AvgIpc) is 3.03. The zero-order valence-electron chi connectivity index (χ0n) is 10.7. The van der Waals surface area contributed by atoms with Gasteiger partial charge in [0.15, 0.2) is 5.69 Å². The van der Waals surface area contributed by atoms with Gasteiger partial charge in [-0.1, -0.05) is 6.07 Å². The predicted octanol–water partition coefficient (Wildman–Crippen LogP) is 4.07. The lowest BCUT2D eigenvalue weighted by Gasteiger charge is -2.04. The van der Waals surface area contributed by atoms with Crippen LogP contribution in [0.1, 0.15) is 12.6 Å². The lowest BCUT2D eigenvalue weighted by atomic mass is 10.1. The Labute approximate surface area is 113 Å². The Morgan fingerprint density at radius 2 is 2.00 bits per heavy atom. The largest absolute Gasteiger partial charge is 0.435 e. The molecule has 0 amide bonds. The number of benzene rings is 1. The van der Waals surface area contributed by atoms with E-state index in [4.69, 9.17) is 0 Å². The Kier molecular flexibility index (Phi) is 2.81. The standard InChI is InChI=1S/C14H12F3N3/c1-2-20-12(8-13(19-20)14(15,16)17)10-3-4-11-9(7-10)5-6-18-11/h3-8,18H,2H2,1H3. The third kappa shape index (κ3) is 2.07. The van der Waals surface area contributed by atoms with Crippen LogP contribution in [0.25, 0.3) is 22.2 Å². The Hall–Kier alpha value is -2.24. The van der Waals surface area contributed by atoms with Crippen LogP contribution < -0.4 is 0 Å². The molecular weight excluding hydrogens is 267 g/mol. The molecule has 0 spiro atoms. The number of nitrogens with one attached hydrogen (secondary N) is 1. The van der Waals surface area contributed by atoms with Crippen LogP contribution in [0.3, 0.4) is 0 Å². The molecule has 0 bridgehead atoms. The van der Waals surface area contributed by atoms with Crippen LogP contribution in [0.5, 0.6) is 0 Å². The van der Waals surface area contributed by atoms with Crippen LogP contribution in [0.2, 0.25) is 0 Å². The highest BCUT2D eigenvalue weighted by molar-refractivity contribution is 5.84. The minimum atomic E-state index is -4.42. The number of aromatic nitrogens is 3. The molecule has 0 unspecified atom stereocenters. The van der Waals surface area contributed by atoms with Crippen molar-refractivity contribution in [3.63, 3.8) is 0 Å². The summed E-state index contributed by atoms with van der Waals surface area (Å²) in [6.07, 6.45) is -2.62. The van der Waals surface area contributed by atoms with Gasteiger partial charge in [0.1, 0.15) is 0 Å². The molecule has 0 aliphatic rings. The number of hydrogen-bond donors (Lipinski definition) is 1. The van der Waals surface area contributed by atoms with E-state index in [2.05, 4.69) is 10.1 Å². The van der Waals surface area contributed by atoms with Gasteiger partial charge >= 0.3 is 6.18 Å². The predicted molar refractivity (Wildman–Crippen MR) is 70.2 cm³/mol. The summed E-state index contributed by atoms with van der Waals surface area (Å²) < 4.78 is 39.6. The van der Waals surface area contributed by atoms with E-state index in [1.807, 2.05) is 18.2 Å². The zero-order valence-corrected chi connectivity index (χ0v) is 10.7. The van der Waals surface area contributed by atoms with Crippen molar-refractivity contribution in [3.8, 4) is 11.3 Å². The van der Waals surface area contributed by atoms with Crippen LogP contribution >= 0.6 is 0 Å². The number of hydrogen-bond acceptors (Lipinski definition) is 1. The quantitative estimate of drug-likeness (QED) is 0.753. The van der Waals surface area contributed by atoms with Crippen molar-refractivity contribution in [1.29, 1.82) is 0 Å². The van der Waals surface area contributed by atoms with E-state index in [1.54, 1.807) is 19.2 Å².